The van der Waals surface area contributed by atoms with E-state index >= 15 is 0 Å². The lowest BCUT2D eigenvalue weighted by atomic mass is 10.0. The van der Waals surface area contributed by atoms with E-state index in [2.05, 4.69) is 0 Å². The van der Waals surface area contributed by atoms with Crippen molar-refractivity contribution >= 4 is 7.92 Å². The van der Waals surface area contributed by atoms with E-state index in [4.69, 9.17) is 0 Å². The Morgan fingerprint density at radius 1 is 1.00 bits per heavy atom. The van der Waals surface area contributed by atoms with Crippen LogP contribution < -0.4 is 0 Å². The number of rotatable bonds is 9. The molecule has 1 aliphatic rings. The second-order valence-corrected chi connectivity index (χ2v) is 8.85. The van der Waals surface area contributed by atoms with Gasteiger partial charge in [0.25, 0.3) is 0 Å². The first-order valence-electron chi connectivity index (χ1n) is 7.93. The molecule has 0 aromatic carbocycles. The highest BCUT2D eigenvalue weighted by Gasteiger charge is 2.79. The van der Waals surface area contributed by atoms with Crippen LogP contribution in [-0.2, 0) is 0 Å². The Labute approximate surface area is 138 Å². The normalized spacial score (nSPS) is 23.5. The summed E-state index contributed by atoms with van der Waals surface area (Å²) in [5.41, 5.74) is -5.09. The van der Waals surface area contributed by atoms with Crippen molar-refractivity contribution in [1.82, 2.24) is 0 Å². The van der Waals surface area contributed by atoms with Gasteiger partial charge >= 0.3 is 17.5 Å². The predicted octanol–water partition coefficient (Wildman–Crippen LogP) is 6.85. The molecule has 0 amide bonds. The van der Waals surface area contributed by atoms with Gasteiger partial charge in [-0.3, -0.25) is 0 Å². The summed E-state index contributed by atoms with van der Waals surface area (Å²) in [7, 11) is -3.81. The number of hydrogen-bond donors (Lipinski definition) is 0. The molecule has 0 heterocycles. The summed E-state index contributed by atoms with van der Waals surface area (Å²) in [5, 5.41) is -2.69. The minimum atomic E-state index is -5.58. The second-order valence-electron chi connectivity index (χ2n) is 6.14. The van der Waals surface area contributed by atoms with E-state index in [-0.39, 0.29) is 12.8 Å². The number of alkyl halides is 7. The number of halogens is 7. The van der Waals surface area contributed by atoms with Gasteiger partial charge in [-0.2, -0.15) is 30.7 Å². The van der Waals surface area contributed by atoms with Crippen molar-refractivity contribution in [2.45, 2.75) is 68.4 Å². The zero-order valence-electron chi connectivity index (χ0n) is 13.7. The third-order valence-corrected chi connectivity index (χ3v) is 7.19. The molecule has 0 radical (unpaired) electrons. The molecule has 0 fully saturated rings. The lowest BCUT2D eigenvalue weighted by Gasteiger charge is -2.35. The van der Waals surface area contributed by atoms with Gasteiger partial charge in [0.15, 0.2) is 0 Å². The van der Waals surface area contributed by atoms with Crippen LogP contribution in [0.5, 0.6) is 0 Å². The molecule has 2 atom stereocenters. The van der Waals surface area contributed by atoms with E-state index in [9.17, 15) is 30.7 Å². The van der Waals surface area contributed by atoms with Gasteiger partial charge in [-0.05, 0) is 12.5 Å². The van der Waals surface area contributed by atoms with Gasteiger partial charge in [0.05, 0.1) is 6.66 Å². The van der Waals surface area contributed by atoms with Crippen LogP contribution in [0.2, 0.25) is 0 Å². The van der Waals surface area contributed by atoms with Crippen molar-refractivity contribution in [2.75, 3.05) is 6.66 Å². The van der Waals surface area contributed by atoms with Gasteiger partial charge in [-0.15, -0.1) is 0 Å². The molecule has 24 heavy (non-hydrogen) atoms. The highest BCUT2D eigenvalue weighted by molar-refractivity contribution is 7.59. The van der Waals surface area contributed by atoms with E-state index < -0.39 is 43.7 Å². The van der Waals surface area contributed by atoms with Crippen LogP contribution in [0.25, 0.3) is 0 Å². The molecule has 0 bridgehead atoms. The molecule has 1 rings (SSSR count). The minimum absolute atomic E-state index is 0.262. The summed E-state index contributed by atoms with van der Waals surface area (Å²) in [5.74, 6) is -10.5. The van der Waals surface area contributed by atoms with E-state index in [0.29, 0.717) is 19.5 Å². The molecule has 0 aromatic rings. The van der Waals surface area contributed by atoms with Crippen molar-refractivity contribution in [3.63, 3.8) is 0 Å². The summed E-state index contributed by atoms with van der Waals surface area (Å²) in [6.07, 6.45) is 3.92. The lowest BCUT2D eigenvalue weighted by molar-refractivity contribution is -0.281. The van der Waals surface area contributed by atoms with Crippen molar-refractivity contribution in [3.8, 4) is 0 Å². The smallest absolute Gasteiger partial charge is 0.199 e. The van der Waals surface area contributed by atoms with Crippen molar-refractivity contribution in [3.05, 3.63) is 24.3 Å². The molecule has 0 aliphatic heterocycles. The summed E-state index contributed by atoms with van der Waals surface area (Å²) in [4.78, 5) is 0. The fourth-order valence-corrected chi connectivity index (χ4v) is 4.48. The van der Waals surface area contributed by atoms with Gasteiger partial charge in [0, 0.05) is 12.8 Å². The van der Waals surface area contributed by atoms with Crippen LogP contribution in [0.4, 0.5) is 30.7 Å². The van der Waals surface area contributed by atoms with Gasteiger partial charge < -0.3 is 0 Å². The monoisotopic (exact) mass is 379 g/mol. The van der Waals surface area contributed by atoms with Crippen LogP contribution in [0.15, 0.2) is 24.3 Å². The molecule has 0 aromatic heterocycles. The average molecular weight is 379 g/mol. The zero-order valence-corrected chi connectivity index (χ0v) is 14.7. The summed E-state index contributed by atoms with van der Waals surface area (Å²) in [6, 6.07) is 0. The molecule has 0 saturated carbocycles. The molecular weight excluding hydrogens is 356 g/mol. The highest BCUT2D eigenvalue weighted by Crippen LogP contribution is 2.69. The van der Waals surface area contributed by atoms with Crippen LogP contribution in [0.3, 0.4) is 0 Å². The Balaban J connectivity index is 2.96. The lowest BCUT2D eigenvalue weighted by Crippen LogP contribution is -2.54. The molecule has 140 valence electrons. The van der Waals surface area contributed by atoms with E-state index in [1.165, 1.54) is 12.2 Å². The van der Waals surface area contributed by atoms with Crippen molar-refractivity contribution in [2.24, 2.45) is 0 Å². The number of unbranched alkanes of at least 4 members (excludes halogenated alkanes) is 3. The molecule has 0 spiro atoms. The maximum absolute atomic E-state index is 14.6. The largest absolute Gasteiger partial charge is 0.422 e. The van der Waals surface area contributed by atoms with Gasteiger partial charge in [-0.1, -0.05) is 44.4 Å². The third-order valence-electron chi connectivity index (χ3n) is 4.31. The molecule has 0 nitrogen and oxygen atoms in total. The molecule has 0 N–H and O–H groups in total. The summed E-state index contributed by atoms with van der Waals surface area (Å²) in [6.45, 7) is 2.45. The molecule has 2 unspecified atom stereocenters. The van der Waals surface area contributed by atoms with Crippen molar-refractivity contribution in [1.29, 1.82) is 0 Å². The SMILES string of the molecule is CCCCCCC(F)(F)C(F)(F)C(F)(F)[PH+](C)C1(F)C=CC=CC1. The van der Waals surface area contributed by atoms with E-state index in [0.717, 1.165) is 12.2 Å². The summed E-state index contributed by atoms with van der Waals surface area (Å²) >= 11 is 0. The Morgan fingerprint density at radius 3 is 2.12 bits per heavy atom. The number of allylic oxidation sites excluding steroid dienone is 4. The Hall–Kier alpha value is -0.580. The molecule has 1 aliphatic carbocycles. The predicted molar refractivity (Wildman–Crippen MR) is 84.6 cm³/mol. The zero-order chi connectivity index (χ0) is 18.6. The first-order chi connectivity index (χ1) is 10.9. The topological polar surface area (TPSA) is 0 Å². The third kappa shape index (κ3) is 4.14. The van der Waals surface area contributed by atoms with E-state index in [1.807, 2.05) is 0 Å². The van der Waals surface area contributed by atoms with Crippen molar-refractivity contribution < 1.29 is 30.7 Å². The van der Waals surface area contributed by atoms with Gasteiger partial charge in [0.1, 0.15) is 7.92 Å². The Kier molecular flexibility index (Phi) is 6.94. The maximum atomic E-state index is 14.6. The van der Waals surface area contributed by atoms with Gasteiger partial charge in [-0.25, -0.2) is 0 Å². The van der Waals surface area contributed by atoms with Gasteiger partial charge in [0.2, 0.25) is 5.41 Å². The minimum Gasteiger partial charge on any atom is -0.199 e. The first kappa shape index (κ1) is 21.5. The van der Waals surface area contributed by atoms with Crippen LogP contribution in [0.1, 0.15) is 45.4 Å². The summed E-state index contributed by atoms with van der Waals surface area (Å²) < 4.78 is 98.6. The number of hydrogen-bond acceptors (Lipinski definition) is 0. The second kappa shape index (κ2) is 7.76. The fraction of sp³-hybridized carbons (Fsp3) is 0.750. The van der Waals surface area contributed by atoms with E-state index in [1.54, 1.807) is 6.92 Å². The van der Waals surface area contributed by atoms with Crippen LogP contribution >= 0.6 is 7.92 Å². The first-order valence-corrected chi connectivity index (χ1v) is 9.93. The fourth-order valence-electron chi connectivity index (χ4n) is 2.53. The highest BCUT2D eigenvalue weighted by atomic mass is 31.1. The molecular formula is C16H23F7P+. The quantitative estimate of drug-likeness (QED) is 0.234. The Morgan fingerprint density at radius 2 is 1.62 bits per heavy atom. The molecule has 8 heteroatoms. The maximum Gasteiger partial charge on any atom is 0.422 e. The Bertz CT molecular complexity index is 473. The van der Waals surface area contributed by atoms with Crippen LogP contribution in [-0.4, -0.2) is 29.6 Å². The molecule has 0 saturated heterocycles. The average Bonchev–Trinajstić information content (AvgIpc) is 2.51. The standard InChI is InChI=1S/C16H22F7P/c1-3-4-5-9-12-14(18,19)15(20,21)16(22,23)24(2)13(17)10-7-6-8-11-13/h6-8,10H,3-5,9,11-12H2,1-2H3/p+1. The van der Waals surface area contributed by atoms with Crippen LogP contribution in [0, 0.1) is 0 Å².